The van der Waals surface area contributed by atoms with Crippen LogP contribution < -0.4 is 10.6 Å². The number of hydrogen-bond acceptors (Lipinski definition) is 2. The molecule has 0 fully saturated rings. The zero-order chi connectivity index (χ0) is 17.6. The van der Waals surface area contributed by atoms with Gasteiger partial charge in [0.2, 0.25) is 0 Å². The molecule has 1 aromatic heterocycles. The lowest BCUT2D eigenvalue weighted by molar-refractivity contribution is 0.249. The lowest BCUT2D eigenvalue weighted by atomic mass is 10.1. The minimum Gasteiger partial charge on any atom is -0.331 e. The summed E-state index contributed by atoms with van der Waals surface area (Å²) in [6.07, 6.45) is 1.84. The molecule has 3 rings (SSSR count). The number of halogens is 1. The molecule has 3 aromatic rings. The molecule has 1 heterocycles. The number of urea groups is 1. The second-order valence-corrected chi connectivity index (χ2v) is 6.19. The number of aromatic nitrogens is 2. The van der Waals surface area contributed by atoms with E-state index >= 15 is 0 Å². The first-order valence-corrected chi connectivity index (χ1v) is 8.38. The minimum absolute atomic E-state index is 0.135. The molecule has 5 nitrogen and oxygen atoms in total. The van der Waals surface area contributed by atoms with Gasteiger partial charge in [0.05, 0.1) is 12.6 Å². The summed E-state index contributed by atoms with van der Waals surface area (Å²) in [4.78, 5) is 12.1. The lowest BCUT2D eigenvalue weighted by Crippen LogP contribution is -2.31. The van der Waals surface area contributed by atoms with E-state index in [9.17, 15) is 4.79 Å². The second-order valence-electron chi connectivity index (χ2n) is 5.76. The Morgan fingerprint density at radius 2 is 1.84 bits per heavy atom. The van der Waals surface area contributed by atoms with E-state index in [1.54, 1.807) is 22.9 Å². The van der Waals surface area contributed by atoms with E-state index in [1.807, 2.05) is 55.6 Å². The molecule has 0 aliphatic heterocycles. The van der Waals surface area contributed by atoms with E-state index in [2.05, 4.69) is 15.7 Å². The molecular weight excluding hydrogens is 336 g/mol. The molecule has 0 radical (unpaired) electrons. The molecule has 0 aliphatic carbocycles. The number of amides is 2. The summed E-state index contributed by atoms with van der Waals surface area (Å²) < 4.78 is 1.79. The topological polar surface area (TPSA) is 59.0 Å². The number of benzene rings is 2. The van der Waals surface area contributed by atoms with E-state index < -0.39 is 0 Å². The highest BCUT2D eigenvalue weighted by Crippen LogP contribution is 2.16. The average Bonchev–Trinajstić information content (AvgIpc) is 3.03. The fourth-order valence-electron chi connectivity index (χ4n) is 2.47. The second kappa shape index (κ2) is 7.85. The number of nitrogens with zero attached hydrogens (tertiary/aromatic N) is 2. The minimum atomic E-state index is -0.299. The molecule has 2 N–H and O–H groups in total. The molecule has 2 amide bonds. The van der Waals surface area contributed by atoms with Crippen molar-refractivity contribution in [1.82, 2.24) is 15.1 Å². The standard InChI is InChI=1S/C19H19ClN4O/c1-14(16-7-9-17(20)10-8-16)21-19(25)22-18-11-12-24(23-18)13-15-5-3-2-4-6-15/h2-12,14H,13H2,1H3,(H2,21,22,23,25). The fourth-order valence-corrected chi connectivity index (χ4v) is 2.60. The summed E-state index contributed by atoms with van der Waals surface area (Å²) in [6, 6.07) is 18.8. The van der Waals surface area contributed by atoms with Gasteiger partial charge < -0.3 is 5.32 Å². The highest BCUT2D eigenvalue weighted by Gasteiger charge is 2.10. The van der Waals surface area contributed by atoms with Crippen molar-refractivity contribution in [1.29, 1.82) is 0 Å². The van der Waals surface area contributed by atoms with Gasteiger partial charge in [-0.25, -0.2) is 4.79 Å². The van der Waals surface area contributed by atoms with E-state index in [0.29, 0.717) is 17.4 Å². The van der Waals surface area contributed by atoms with Crippen LogP contribution in [-0.2, 0) is 6.54 Å². The Bertz CT molecular complexity index is 830. The van der Waals surface area contributed by atoms with Crippen molar-refractivity contribution in [2.75, 3.05) is 5.32 Å². The number of anilines is 1. The predicted octanol–water partition coefficient (Wildman–Crippen LogP) is 4.47. The summed E-state index contributed by atoms with van der Waals surface area (Å²) in [6.45, 7) is 2.57. The van der Waals surface area contributed by atoms with Crippen molar-refractivity contribution in [2.45, 2.75) is 19.5 Å². The Labute approximate surface area is 151 Å². The molecule has 25 heavy (non-hydrogen) atoms. The van der Waals surface area contributed by atoms with Gasteiger partial charge in [-0.05, 0) is 30.2 Å². The summed E-state index contributed by atoms with van der Waals surface area (Å²) >= 11 is 5.88. The summed E-state index contributed by atoms with van der Waals surface area (Å²) in [5.41, 5.74) is 2.13. The average molecular weight is 355 g/mol. The van der Waals surface area contributed by atoms with Gasteiger partial charge in [-0.1, -0.05) is 54.1 Å². The summed E-state index contributed by atoms with van der Waals surface area (Å²) in [5, 5.41) is 10.7. The zero-order valence-electron chi connectivity index (χ0n) is 13.8. The van der Waals surface area contributed by atoms with Crippen LogP contribution in [0.4, 0.5) is 10.6 Å². The first-order chi connectivity index (χ1) is 12.1. The zero-order valence-corrected chi connectivity index (χ0v) is 14.6. The Morgan fingerprint density at radius 3 is 2.56 bits per heavy atom. The monoisotopic (exact) mass is 354 g/mol. The van der Waals surface area contributed by atoms with E-state index in [1.165, 1.54) is 0 Å². The maximum atomic E-state index is 12.1. The molecule has 0 saturated heterocycles. The Morgan fingerprint density at radius 1 is 1.12 bits per heavy atom. The van der Waals surface area contributed by atoms with Crippen LogP contribution in [0.1, 0.15) is 24.1 Å². The van der Waals surface area contributed by atoms with Crippen molar-refractivity contribution in [3.63, 3.8) is 0 Å². The van der Waals surface area contributed by atoms with E-state index in [0.717, 1.165) is 11.1 Å². The summed E-state index contributed by atoms with van der Waals surface area (Å²) in [7, 11) is 0. The van der Waals surface area contributed by atoms with Crippen LogP contribution >= 0.6 is 11.6 Å². The smallest absolute Gasteiger partial charge is 0.320 e. The third kappa shape index (κ3) is 4.84. The molecule has 6 heteroatoms. The molecule has 0 saturated carbocycles. The first-order valence-electron chi connectivity index (χ1n) is 8.00. The molecule has 0 aliphatic rings. The molecule has 0 spiro atoms. The van der Waals surface area contributed by atoms with Crippen LogP contribution in [0, 0.1) is 0 Å². The molecule has 0 bridgehead atoms. The van der Waals surface area contributed by atoms with Crippen LogP contribution in [0.2, 0.25) is 5.02 Å². The number of rotatable bonds is 5. The summed E-state index contributed by atoms with van der Waals surface area (Å²) in [5.74, 6) is 0.511. The van der Waals surface area contributed by atoms with Gasteiger partial charge in [0.15, 0.2) is 5.82 Å². The Hall–Kier alpha value is -2.79. The number of hydrogen-bond donors (Lipinski definition) is 2. The molecule has 2 aromatic carbocycles. The maximum Gasteiger partial charge on any atom is 0.320 e. The van der Waals surface area contributed by atoms with Crippen LogP contribution in [0.5, 0.6) is 0 Å². The van der Waals surface area contributed by atoms with Crippen LogP contribution in [0.3, 0.4) is 0 Å². The fraction of sp³-hybridized carbons (Fsp3) is 0.158. The normalized spacial score (nSPS) is 11.8. The third-order valence-corrected chi connectivity index (χ3v) is 4.04. The van der Waals surface area contributed by atoms with Gasteiger partial charge in [-0.15, -0.1) is 0 Å². The van der Waals surface area contributed by atoms with Crippen molar-refractivity contribution in [3.8, 4) is 0 Å². The molecule has 1 atom stereocenters. The Kier molecular flexibility index (Phi) is 5.36. The predicted molar refractivity (Wildman–Crippen MR) is 99.8 cm³/mol. The van der Waals surface area contributed by atoms with Crippen LogP contribution in [0.15, 0.2) is 66.9 Å². The van der Waals surface area contributed by atoms with Crippen molar-refractivity contribution >= 4 is 23.4 Å². The quantitative estimate of drug-likeness (QED) is 0.710. The Balaban J connectivity index is 1.55. The lowest BCUT2D eigenvalue weighted by Gasteiger charge is -2.14. The number of carbonyl (C=O) groups excluding carboxylic acids is 1. The first kappa shape index (κ1) is 17.0. The number of carbonyl (C=O) groups is 1. The molecule has 1 unspecified atom stereocenters. The van der Waals surface area contributed by atoms with E-state index in [4.69, 9.17) is 11.6 Å². The van der Waals surface area contributed by atoms with Crippen molar-refractivity contribution in [2.24, 2.45) is 0 Å². The largest absolute Gasteiger partial charge is 0.331 e. The van der Waals surface area contributed by atoms with Gasteiger partial charge >= 0.3 is 6.03 Å². The van der Waals surface area contributed by atoms with Gasteiger partial charge in [-0.2, -0.15) is 5.10 Å². The van der Waals surface area contributed by atoms with Gasteiger partial charge in [0.25, 0.3) is 0 Å². The maximum absolute atomic E-state index is 12.1. The van der Waals surface area contributed by atoms with E-state index in [-0.39, 0.29) is 12.1 Å². The highest BCUT2D eigenvalue weighted by molar-refractivity contribution is 6.30. The molecular formula is C19H19ClN4O. The van der Waals surface area contributed by atoms with Crippen molar-refractivity contribution in [3.05, 3.63) is 83.0 Å². The van der Waals surface area contributed by atoms with Gasteiger partial charge in [-0.3, -0.25) is 10.00 Å². The molecule has 128 valence electrons. The van der Waals surface area contributed by atoms with Crippen molar-refractivity contribution < 1.29 is 4.79 Å². The van der Waals surface area contributed by atoms with Crippen LogP contribution in [0.25, 0.3) is 0 Å². The van der Waals surface area contributed by atoms with Gasteiger partial charge in [0.1, 0.15) is 0 Å². The van der Waals surface area contributed by atoms with Crippen LogP contribution in [-0.4, -0.2) is 15.8 Å². The van der Waals surface area contributed by atoms with Gasteiger partial charge in [0, 0.05) is 17.3 Å². The SMILES string of the molecule is CC(NC(=O)Nc1ccn(Cc2ccccc2)n1)c1ccc(Cl)cc1. The highest BCUT2D eigenvalue weighted by atomic mass is 35.5. The number of nitrogens with one attached hydrogen (secondary N) is 2. The third-order valence-electron chi connectivity index (χ3n) is 3.79.